The number of rotatable bonds is 5. The molecule has 4 nitrogen and oxygen atoms in total. The molecule has 0 heterocycles. The number of hydrogen-bond donors (Lipinski definition) is 0. The lowest BCUT2D eigenvalue weighted by molar-refractivity contribution is 0.359. The van der Waals surface area contributed by atoms with Crippen LogP contribution in [0.1, 0.15) is 0 Å². The van der Waals surface area contributed by atoms with Gasteiger partial charge in [-0.1, -0.05) is 24.8 Å². The van der Waals surface area contributed by atoms with Gasteiger partial charge in [0.2, 0.25) is 0 Å². The lowest BCUT2D eigenvalue weighted by Crippen LogP contribution is -2.08. The van der Waals surface area contributed by atoms with Gasteiger partial charge in [-0.15, -0.1) is 0 Å². The summed E-state index contributed by atoms with van der Waals surface area (Å²) in [4.78, 5) is 0.793. The molecule has 1 aromatic rings. The molecular formula is C10H12O4S2. The van der Waals surface area contributed by atoms with Crippen molar-refractivity contribution in [1.29, 1.82) is 0 Å². The highest BCUT2D eigenvalue weighted by Crippen LogP contribution is 2.13. The minimum Gasteiger partial charge on any atom is -0.265 e. The van der Waals surface area contributed by atoms with E-state index in [1.54, 1.807) is 30.3 Å². The van der Waals surface area contributed by atoms with Crippen LogP contribution in [0.2, 0.25) is 0 Å². The molecule has 0 N–H and O–H groups in total. The van der Waals surface area contributed by atoms with Crippen LogP contribution in [0.15, 0.2) is 46.7 Å². The second-order valence-corrected chi connectivity index (χ2v) is 6.32. The van der Waals surface area contributed by atoms with E-state index < -0.39 is 20.9 Å². The highest BCUT2D eigenvalue weighted by molar-refractivity contribution is 7.89. The van der Waals surface area contributed by atoms with E-state index in [4.69, 9.17) is 0 Å². The van der Waals surface area contributed by atoms with E-state index in [2.05, 4.69) is 10.8 Å². The van der Waals surface area contributed by atoms with Crippen molar-refractivity contribution in [3.8, 4) is 0 Å². The van der Waals surface area contributed by atoms with Crippen molar-refractivity contribution in [2.45, 2.75) is 4.90 Å². The zero-order chi connectivity index (χ0) is 12.2. The summed E-state index contributed by atoms with van der Waals surface area (Å²) >= 11 is 0. The van der Waals surface area contributed by atoms with E-state index in [0.29, 0.717) is 4.90 Å². The van der Waals surface area contributed by atoms with Crippen molar-refractivity contribution in [3.63, 3.8) is 0 Å². The van der Waals surface area contributed by atoms with Gasteiger partial charge in [0.05, 0.1) is 23.7 Å². The first-order chi connectivity index (χ1) is 7.40. The zero-order valence-electron chi connectivity index (χ0n) is 8.75. The van der Waals surface area contributed by atoms with Gasteiger partial charge in [0.25, 0.3) is 10.1 Å². The van der Waals surface area contributed by atoms with Crippen LogP contribution in [-0.2, 0) is 25.1 Å². The Labute approximate surface area is 97.5 Å². The molecule has 1 atom stereocenters. The molecular weight excluding hydrogens is 248 g/mol. The molecule has 0 saturated heterocycles. The lowest BCUT2D eigenvalue weighted by Gasteiger charge is -2.05. The summed E-state index contributed by atoms with van der Waals surface area (Å²) in [5.41, 5.74) is 0. The molecule has 0 fully saturated rings. The molecule has 0 aromatic heterocycles. The van der Waals surface area contributed by atoms with Crippen LogP contribution in [0.3, 0.4) is 0 Å². The van der Waals surface area contributed by atoms with Crippen molar-refractivity contribution in [2.24, 2.45) is 0 Å². The van der Waals surface area contributed by atoms with Crippen LogP contribution in [0.4, 0.5) is 0 Å². The van der Waals surface area contributed by atoms with Crippen LogP contribution in [0.5, 0.6) is 0 Å². The minimum atomic E-state index is -3.53. The van der Waals surface area contributed by atoms with Crippen LogP contribution in [0, 0.1) is 0 Å². The smallest absolute Gasteiger partial charge is 0.264 e. The Morgan fingerprint density at radius 3 is 2.44 bits per heavy atom. The fraction of sp³-hybridized carbons (Fsp3) is 0.200. The van der Waals surface area contributed by atoms with Gasteiger partial charge < -0.3 is 0 Å². The molecule has 1 aromatic carbocycles. The van der Waals surface area contributed by atoms with Crippen molar-refractivity contribution in [2.75, 3.05) is 12.9 Å². The number of hydrogen-bond acceptors (Lipinski definition) is 4. The van der Waals surface area contributed by atoms with Gasteiger partial charge >= 0.3 is 0 Å². The van der Waals surface area contributed by atoms with Gasteiger partial charge in [-0.05, 0) is 12.1 Å². The van der Waals surface area contributed by atoms with Gasteiger partial charge in [-0.25, -0.2) is 4.21 Å². The third-order valence-electron chi connectivity index (χ3n) is 1.65. The molecule has 1 unspecified atom stereocenters. The summed E-state index contributed by atoms with van der Waals surface area (Å²) in [6.07, 6.45) is 0.936. The predicted octanol–water partition coefficient (Wildman–Crippen LogP) is 1.28. The molecule has 0 aliphatic rings. The Morgan fingerprint density at radius 1 is 1.38 bits per heavy atom. The fourth-order valence-electron chi connectivity index (χ4n) is 0.937. The molecule has 0 amide bonds. The quantitative estimate of drug-likeness (QED) is 0.748. The van der Waals surface area contributed by atoms with E-state index in [1.165, 1.54) is 0 Å². The van der Waals surface area contributed by atoms with Gasteiger partial charge in [0.1, 0.15) is 0 Å². The summed E-state index contributed by atoms with van der Waals surface area (Å²) in [6.45, 7) is 3.28. The normalized spacial score (nSPS) is 13.3. The molecule has 88 valence electrons. The van der Waals surface area contributed by atoms with Crippen LogP contribution in [-0.4, -0.2) is 25.5 Å². The van der Waals surface area contributed by atoms with Crippen LogP contribution < -0.4 is 0 Å². The van der Waals surface area contributed by atoms with E-state index in [9.17, 15) is 12.6 Å². The summed E-state index contributed by atoms with van der Waals surface area (Å²) in [7, 11) is -4.98. The molecule has 16 heavy (non-hydrogen) atoms. The largest absolute Gasteiger partial charge is 0.265 e. The van der Waals surface area contributed by atoms with E-state index in [0.717, 1.165) is 6.26 Å². The first-order valence-electron chi connectivity index (χ1n) is 4.39. The van der Waals surface area contributed by atoms with Crippen LogP contribution >= 0.6 is 0 Å². The van der Waals surface area contributed by atoms with E-state index in [-0.39, 0.29) is 11.5 Å². The molecule has 0 bridgehead atoms. The monoisotopic (exact) mass is 260 g/mol. The molecule has 6 heteroatoms. The Hall–Kier alpha value is -0.980. The fourth-order valence-corrected chi connectivity index (χ4v) is 2.27. The first kappa shape index (κ1) is 13.1. The van der Waals surface area contributed by atoms with Gasteiger partial charge in [-0.3, -0.25) is 4.18 Å². The van der Waals surface area contributed by atoms with Gasteiger partial charge in [0, 0.05) is 9.80 Å². The van der Waals surface area contributed by atoms with Crippen molar-refractivity contribution < 1.29 is 16.8 Å². The van der Waals surface area contributed by atoms with E-state index in [1.807, 2.05) is 0 Å². The second kappa shape index (κ2) is 5.38. The molecule has 0 aliphatic carbocycles. The van der Waals surface area contributed by atoms with Crippen molar-refractivity contribution in [3.05, 3.63) is 41.8 Å². The standard InChI is InChI=1S/C10H12O4S2/c1-9(8-14-16(2,12)13)15(11)10-6-4-3-5-7-10/h3-7H,1,8H2,2H3. The maximum Gasteiger partial charge on any atom is 0.264 e. The topological polar surface area (TPSA) is 60.4 Å². The Balaban J connectivity index is 2.66. The Morgan fingerprint density at radius 2 is 1.94 bits per heavy atom. The highest BCUT2D eigenvalue weighted by Gasteiger charge is 2.10. The maximum atomic E-state index is 11.8. The third-order valence-corrected chi connectivity index (χ3v) is 3.54. The van der Waals surface area contributed by atoms with Gasteiger partial charge in [0.15, 0.2) is 0 Å². The Kier molecular flexibility index (Phi) is 4.40. The average Bonchev–Trinajstić information content (AvgIpc) is 2.25. The SMILES string of the molecule is C=C(COS(C)(=O)=O)S(=O)c1ccccc1. The molecule has 0 saturated carbocycles. The molecule has 1 rings (SSSR count). The average molecular weight is 260 g/mol. The molecule has 0 radical (unpaired) electrons. The lowest BCUT2D eigenvalue weighted by atomic mass is 10.4. The predicted molar refractivity (Wildman–Crippen MR) is 62.8 cm³/mol. The highest BCUT2D eigenvalue weighted by atomic mass is 32.2. The zero-order valence-corrected chi connectivity index (χ0v) is 10.4. The Bertz CT molecular complexity index is 491. The summed E-state index contributed by atoms with van der Waals surface area (Å²) in [5, 5.41) is 0. The maximum absolute atomic E-state index is 11.8. The number of benzene rings is 1. The van der Waals surface area contributed by atoms with Crippen LogP contribution in [0.25, 0.3) is 0 Å². The van der Waals surface area contributed by atoms with Crippen molar-refractivity contribution in [1.82, 2.24) is 0 Å². The summed E-state index contributed by atoms with van der Waals surface area (Å²) in [5.74, 6) is 0. The molecule has 0 spiro atoms. The summed E-state index contributed by atoms with van der Waals surface area (Å²) in [6, 6.07) is 8.66. The third kappa shape index (κ3) is 4.26. The first-order valence-corrected chi connectivity index (χ1v) is 7.36. The molecule has 0 aliphatic heterocycles. The van der Waals surface area contributed by atoms with E-state index >= 15 is 0 Å². The summed E-state index contributed by atoms with van der Waals surface area (Å²) < 4.78 is 37.8. The van der Waals surface area contributed by atoms with Gasteiger partial charge in [-0.2, -0.15) is 8.42 Å². The second-order valence-electron chi connectivity index (χ2n) is 3.09. The van der Waals surface area contributed by atoms with Crippen molar-refractivity contribution >= 4 is 20.9 Å². The minimum absolute atomic E-state index is 0.219.